The van der Waals surface area contributed by atoms with E-state index in [0.29, 0.717) is 5.92 Å². The molecule has 2 heteroatoms. The minimum absolute atomic E-state index is 0.0289. The summed E-state index contributed by atoms with van der Waals surface area (Å²) in [5.41, 5.74) is 0. The zero-order valence-electron chi connectivity index (χ0n) is 7.82. The zero-order chi connectivity index (χ0) is 9.07. The molecular formula is C9H18F2. The Bertz CT molecular complexity index is 108. The predicted octanol–water partition coefficient (Wildman–Crippen LogP) is 3.71. The maximum Gasteiger partial charge on any atom is 0.248 e. The molecule has 0 aromatic carbocycles. The molecule has 0 saturated heterocycles. The second-order valence-electron chi connectivity index (χ2n) is 3.63. The van der Waals surface area contributed by atoms with Crippen LogP contribution in [0.3, 0.4) is 0 Å². The minimum atomic E-state index is -2.45. The molecule has 0 heterocycles. The third-order valence-corrected chi connectivity index (χ3v) is 2.28. The Morgan fingerprint density at radius 3 is 1.91 bits per heavy atom. The van der Waals surface area contributed by atoms with Gasteiger partial charge in [-0.25, -0.2) is 8.78 Å². The first-order valence-electron chi connectivity index (χ1n) is 4.27. The zero-order valence-corrected chi connectivity index (χ0v) is 7.82. The fraction of sp³-hybridized carbons (Fsp3) is 1.00. The van der Waals surface area contributed by atoms with Crippen LogP contribution in [0, 0.1) is 11.8 Å². The molecule has 68 valence electrons. The van der Waals surface area contributed by atoms with Crippen LogP contribution in [0.5, 0.6) is 0 Å². The molecule has 0 aromatic rings. The highest BCUT2D eigenvalue weighted by Gasteiger charge is 2.29. The fourth-order valence-electron chi connectivity index (χ4n) is 0.851. The van der Waals surface area contributed by atoms with Crippen LogP contribution in [0.15, 0.2) is 0 Å². The van der Waals surface area contributed by atoms with Crippen LogP contribution in [-0.2, 0) is 0 Å². The van der Waals surface area contributed by atoms with Crippen molar-refractivity contribution in [2.75, 3.05) is 0 Å². The molecule has 0 spiro atoms. The Morgan fingerprint density at radius 2 is 1.64 bits per heavy atom. The molecule has 0 radical (unpaired) electrons. The van der Waals surface area contributed by atoms with Crippen LogP contribution in [0.25, 0.3) is 0 Å². The van der Waals surface area contributed by atoms with Crippen molar-refractivity contribution in [3.05, 3.63) is 0 Å². The highest BCUT2D eigenvalue weighted by Crippen LogP contribution is 2.29. The van der Waals surface area contributed by atoms with E-state index in [4.69, 9.17) is 0 Å². The van der Waals surface area contributed by atoms with Gasteiger partial charge in [-0.1, -0.05) is 27.7 Å². The summed E-state index contributed by atoms with van der Waals surface area (Å²) in [7, 11) is 0. The van der Waals surface area contributed by atoms with Gasteiger partial charge in [-0.15, -0.1) is 0 Å². The van der Waals surface area contributed by atoms with Gasteiger partial charge >= 0.3 is 0 Å². The van der Waals surface area contributed by atoms with Crippen molar-refractivity contribution >= 4 is 0 Å². The molecule has 0 aromatic heterocycles. The highest BCUT2D eigenvalue weighted by atomic mass is 19.3. The Balaban J connectivity index is 3.83. The Kier molecular flexibility index (Phi) is 3.98. The van der Waals surface area contributed by atoms with Crippen LogP contribution < -0.4 is 0 Å². The standard InChI is InChI=1S/C9H18F2/c1-5-9(10,11)6-8(4)7(2)3/h7-8H,5-6H2,1-4H3/t8-/m1/s1. The number of hydrogen-bond acceptors (Lipinski definition) is 0. The summed E-state index contributed by atoms with van der Waals surface area (Å²) in [5.74, 6) is -1.98. The number of halogens is 2. The van der Waals surface area contributed by atoms with Gasteiger partial charge in [0.15, 0.2) is 0 Å². The van der Waals surface area contributed by atoms with Crippen molar-refractivity contribution in [3.8, 4) is 0 Å². The molecule has 0 aliphatic carbocycles. The van der Waals surface area contributed by atoms with E-state index in [1.807, 2.05) is 20.8 Å². The summed E-state index contributed by atoms with van der Waals surface area (Å²) >= 11 is 0. The van der Waals surface area contributed by atoms with E-state index in [-0.39, 0.29) is 18.8 Å². The molecule has 0 unspecified atom stereocenters. The van der Waals surface area contributed by atoms with Crippen molar-refractivity contribution in [1.29, 1.82) is 0 Å². The molecule has 0 aliphatic heterocycles. The van der Waals surface area contributed by atoms with Crippen LogP contribution in [-0.4, -0.2) is 5.92 Å². The van der Waals surface area contributed by atoms with Gasteiger partial charge in [0.05, 0.1) is 0 Å². The molecule has 0 N–H and O–H groups in total. The molecular weight excluding hydrogens is 146 g/mol. The second kappa shape index (κ2) is 4.03. The molecule has 0 rings (SSSR count). The van der Waals surface area contributed by atoms with Gasteiger partial charge in [0.2, 0.25) is 5.92 Å². The van der Waals surface area contributed by atoms with E-state index in [1.54, 1.807) is 0 Å². The lowest BCUT2D eigenvalue weighted by atomic mass is 9.91. The predicted molar refractivity (Wildman–Crippen MR) is 43.9 cm³/mol. The van der Waals surface area contributed by atoms with Crippen molar-refractivity contribution in [2.45, 2.75) is 46.5 Å². The number of hydrogen-bond donors (Lipinski definition) is 0. The molecule has 0 bridgehead atoms. The molecule has 0 saturated carbocycles. The van der Waals surface area contributed by atoms with E-state index >= 15 is 0 Å². The topological polar surface area (TPSA) is 0 Å². The third-order valence-electron chi connectivity index (χ3n) is 2.28. The Morgan fingerprint density at radius 1 is 1.18 bits per heavy atom. The summed E-state index contributed by atoms with van der Waals surface area (Å²) in [5, 5.41) is 0. The van der Waals surface area contributed by atoms with Gasteiger partial charge in [-0.2, -0.15) is 0 Å². The lowest BCUT2D eigenvalue weighted by molar-refractivity contribution is -0.0296. The van der Waals surface area contributed by atoms with Crippen molar-refractivity contribution in [3.63, 3.8) is 0 Å². The molecule has 0 amide bonds. The maximum absolute atomic E-state index is 12.8. The molecule has 0 nitrogen and oxygen atoms in total. The van der Waals surface area contributed by atoms with Crippen LogP contribution in [0.1, 0.15) is 40.5 Å². The fourth-order valence-corrected chi connectivity index (χ4v) is 0.851. The van der Waals surface area contributed by atoms with Crippen LogP contribution in [0.4, 0.5) is 8.78 Å². The van der Waals surface area contributed by atoms with Gasteiger partial charge in [-0.3, -0.25) is 0 Å². The largest absolute Gasteiger partial charge is 0.248 e. The van der Waals surface area contributed by atoms with Crippen molar-refractivity contribution < 1.29 is 8.78 Å². The van der Waals surface area contributed by atoms with Gasteiger partial charge in [0, 0.05) is 12.8 Å². The van der Waals surface area contributed by atoms with Crippen molar-refractivity contribution in [1.82, 2.24) is 0 Å². The molecule has 0 aliphatic rings. The quantitative estimate of drug-likeness (QED) is 0.594. The number of rotatable bonds is 4. The van der Waals surface area contributed by atoms with Crippen LogP contribution >= 0.6 is 0 Å². The second-order valence-corrected chi connectivity index (χ2v) is 3.63. The lowest BCUT2D eigenvalue weighted by Crippen LogP contribution is -2.20. The molecule has 1 atom stereocenters. The van der Waals surface area contributed by atoms with Gasteiger partial charge < -0.3 is 0 Å². The molecule has 11 heavy (non-hydrogen) atoms. The normalized spacial score (nSPS) is 15.5. The van der Waals surface area contributed by atoms with Crippen molar-refractivity contribution in [2.24, 2.45) is 11.8 Å². The summed E-state index contributed by atoms with van der Waals surface area (Å²) in [6.45, 7) is 7.38. The van der Waals surface area contributed by atoms with Gasteiger partial charge in [-0.05, 0) is 11.8 Å². The lowest BCUT2D eigenvalue weighted by Gasteiger charge is -2.21. The summed E-state index contributed by atoms with van der Waals surface area (Å²) in [6, 6.07) is 0. The summed E-state index contributed by atoms with van der Waals surface area (Å²) in [4.78, 5) is 0. The Hall–Kier alpha value is -0.140. The van der Waals surface area contributed by atoms with E-state index < -0.39 is 5.92 Å². The monoisotopic (exact) mass is 164 g/mol. The first kappa shape index (κ1) is 10.9. The van der Waals surface area contributed by atoms with E-state index in [1.165, 1.54) is 6.92 Å². The maximum atomic E-state index is 12.8. The summed E-state index contributed by atoms with van der Waals surface area (Å²) < 4.78 is 25.5. The smallest absolute Gasteiger partial charge is 0.207 e. The highest BCUT2D eigenvalue weighted by molar-refractivity contribution is 4.69. The Labute approximate surface area is 68.0 Å². The third kappa shape index (κ3) is 4.33. The number of alkyl halides is 2. The minimum Gasteiger partial charge on any atom is -0.207 e. The first-order valence-corrected chi connectivity index (χ1v) is 4.27. The van der Waals surface area contributed by atoms with E-state index in [2.05, 4.69) is 0 Å². The van der Waals surface area contributed by atoms with E-state index in [9.17, 15) is 8.78 Å². The van der Waals surface area contributed by atoms with Crippen LogP contribution in [0.2, 0.25) is 0 Å². The van der Waals surface area contributed by atoms with E-state index in [0.717, 1.165) is 0 Å². The first-order chi connectivity index (χ1) is 4.89. The molecule has 0 fully saturated rings. The SMILES string of the molecule is CCC(F)(F)C[C@@H](C)C(C)C. The average molecular weight is 164 g/mol. The average Bonchev–Trinajstić information content (AvgIpc) is 1.87. The van der Waals surface area contributed by atoms with Gasteiger partial charge in [0.25, 0.3) is 0 Å². The van der Waals surface area contributed by atoms with Gasteiger partial charge in [0.1, 0.15) is 0 Å². The summed E-state index contributed by atoms with van der Waals surface area (Å²) in [6.07, 6.45) is -0.00870.